The van der Waals surface area contributed by atoms with Gasteiger partial charge in [-0.15, -0.1) is 21.5 Å². The van der Waals surface area contributed by atoms with Crippen LogP contribution in [0.5, 0.6) is 0 Å². The van der Waals surface area contributed by atoms with Gasteiger partial charge in [0.2, 0.25) is 16.6 Å². The van der Waals surface area contributed by atoms with Gasteiger partial charge in [0, 0.05) is 17.5 Å². The van der Waals surface area contributed by atoms with Gasteiger partial charge in [0.25, 0.3) is 0 Å². The predicted molar refractivity (Wildman–Crippen MR) is 50.0 cm³/mol. The van der Waals surface area contributed by atoms with Crippen molar-refractivity contribution in [1.82, 2.24) is 14.6 Å². The lowest BCUT2D eigenvalue weighted by Crippen LogP contribution is -2.11. The summed E-state index contributed by atoms with van der Waals surface area (Å²) >= 11 is 1.47. The highest BCUT2D eigenvalue weighted by Gasteiger charge is 2.17. The van der Waals surface area contributed by atoms with Gasteiger partial charge in [-0.25, -0.2) is 0 Å². The molecule has 0 fully saturated rings. The Balaban J connectivity index is 2.54. The van der Waals surface area contributed by atoms with E-state index in [1.165, 1.54) is 11.3 Å². The molecule has 0 aromatic carbocycles. The number of aromatic nitrogens is 3. The van der Waals surface area contributed by atoms with Crippen LogP contribution in [0.4, 0.5) is 0 Å². The standard InChI is InChI=1S/C8H9N3OS/c1-5(2)6(12)7-9-10-8-11(7)3-4-13-8/h3-5H,1-2H3. The monoisotopic (exact) mass is 195 g/mol. The maximum absolute atomic E-state index is 11.6. The van der Waals surface area contributed by atoms with Crippen LogP contribution in [0, 0.1) is 5.92 Å². The van der Waals surface area contributed by atoms with E-state index in [-0.39, 0.29) is 11.7 Å². The molecule has 4 nitrogen and oxygen atoms in total. The first-order chi connectivity index (χ1) is 6.20. The topological polar surface area (TPSA) is 47.3 Å². The average Bonchev–Trinajstić information content (AvgIpc) is 2.61. The van der Waals surface area contributed by atoms with E-state index < -0.39 is 0 Å². The largest absolute Gasteiger partial charge is 0.290 e. The van der Waals surface area contributed by atoms with Gasteiger partial charge in [-0.1, -0.05) is 13.8 Å². The molecule has 2 heterocycles. The fraction of sp³-hybridized carbons (Fsp3) is 0.375. The summed E-state index contributed by atoms with van der Waals surface area (Å²) in [7, 11) is 0. The third kappa shape index (κ3) is 1.25. The molecule has 0 atom stereocenters. The number of carbonyl (C=O) groups excluding carboxylic acids is 1. The minimum atomic E-state index is -0.0349. The highest BCUT2D eigenvalue weighted by atomic mass is 32.1. The van der Waals surface area contributed by atoms with Crippen molar-refractivity contribution in [3.05, 3.63) is 17.4 Å². The van der Waals surface area contributed by atoms with Crippen molar-refractivity contribution >= 4 is 22.1 Å². The predicted octanol–water partition coefficient (Wildman–Crippen LogP) is 1.63. The molecule has 68 valence electrons. The summed E-state index contributed by atoms with van der Waals surface area (Å²) < 4.78 is 1.73. The van der Waals surface area contributed by atoms with Crippen molar-refractivity contribution in [2.24, 2.45) is 5.92 Å². The number of hydrogen-bond donors (Lipinski definition) is 0. The molecule has 0 saturated heterocycles. The maximum atomic E-state index is 11.6. The zero-order valence-corrected chi connectivity index (χ0v) is 8.21. The first-order valence-electron chi connectivity index (χ1n) is 4.02. The number of nitrogens with zero attached hydrogens (tertiary/aromatic N) is 3. The summed E-state index contributed by atoms with van der Waals surface area (Å²) in [5, 5.41) is 9.63. The second kappa shape index (κ2) is 2.92. The molecule has 0 aliphatic rings. The van der Waals surface area contributed by atoms with E-state index in [1.54, 1.807) is 4.40 Å². The van der Waals surface area contributed by atoms with Crippen molar-refractivity contribution in [2.45, 2.75) is 13.8 Å². The maximum Gasteiger partial charge on any atom is 0.216 e. The lowest BCUT2D eigenvalue weighted by Gasteiger charge is -1.98. The zero-order chi connectivity index (χ0) is 9.42. The van der Waals surface area contributed by atoms with Crippen LogP contribution >= 0.6 is 11.3 Å². The summed E-state index contributed by atoms with van der Waals surface area (Å²) in [6, 6.07) is 0. The molecule has 2 aromatic heterocycles. The van der Waals surface area contributed by atoms with Gasteiger partial charge in [-0.2, -0.15) is 0 Å². The van der Waals surface area contributed by atoms with Crippen LogP contribution in [0.1, 0.15) is 24.5 Å². The third-order valence-electron chi connectivity index (χ3n) is 1.79. The Labute approximate surface area is 79.2 Å². The van der Waals surface area contributed by atoms with Crippen LogP contribution in [0.15, 0.2) is 11.6 Å². The van der Waals surface area contributed by atoms with E-state index in [9.17, 15) is 4.79 Å². The lowest BCUT2D eigenvalue weighted by molar-refractivity contribution is 0.0928. The summed E-state index contributed by atoms with van der Waals surface area (Å²) in [5.74, 6) is 0.435. The smallest absolute Gasteiger partial charge is 0.216 e. The number of carbonyl (C=O) groups is 1. The molecule has 5 heteroatoms. The molecule has 0 aliphatic carbocycles. The van der Waals surface area contributed by atoms with Crippen LogP contribution in [0.25, 0.3) is 4.96 Å². The molecule has 0 saturated carbocycles. The zero-order valence-electron chi connectivity index (χ0n) is 7.39. The highest BCUT2D eigenvalue weighted by Crippen LogP contribution is 2.12. The molecule has 13 heavy (non-hydrogen) atoms. The van der Waals surface area contributed by atoms with Gasteiger partial charge in [-0.05, 0) is 0 Å². The first kappa shape index (κ1) is 8.37. The molecule has 0 spiro atoms. The summed E-state index contributed by atoms with van der Waals surface area (Å²) in [6.07, 6.45) is 1.82. The van der Waals surface area contributed by atoms with Crippen LogP contribution in [0.2, 0.25) is 0 Å². The second-order valence-corrected chi connectivity index (χ2v) is 3.97. The summed E-state index contributed by atoms with van der Waals surface area (Å²) in [6.45, 7) is 3.71. The van der Waals surface area contributed by atoms with Crippen LogP contribution in [-0.2, 0) is 0 Å². The second-order valence-electron chi connectivity index (χ2n) is 3.10. The Hall–Kier alpha value is -1.23. The number of ketones is 1. The lowest BCUT2D eigenvalue weighted by atomic mass is 10.1. The Kier molecular flexibility index (Phi) is 1.88. The van der Waals surface area contributed by atoms with E-state index in [4.69, 9.17) is 0 Å². The molecule has 0 unspecified atom stereocenters. The van der Waals surface area contributed by atoms with Crippen LogP contribution in [0.3, 0.4) is 0 Å². The SMILES string of the molecule is CC(C)C(=O)c1nnc2sccn12. The fourth-order valence-corrected chi connectivity index (χ4v) is 1.72. The van der Waals surface area contributed by atoms with E-state index in [2.05, 4.69) is 10.2 Å². The Bertz CT molecular complexity index is 443. The highest BCUT2D eigenvalue weighted by molar-refractivity contribution is 7.15. The van der Waals surface area contributed by atoms with Gasteiger partial charge in [0.1, 0.15) is 0 Å². The van der Waals surface area contributed by atoms with Gasteiger partial charge in [0.05, 0.1) is 0 Å². The third-order valence-corrected chi connectivity index (χ3v) is 2.54. The summed E-state index contributed by atoms with van der Waals surface area (Å²) in [4.78, 5) is 12.4. The molecule has 0 bridgehead atoms. The summed E-state index contributed by atoms with van der Waals surface area (Å²) in [5.41, 5.74) is 0. The quantitative estimate of drug-likeness (QED) is 0.684. The minimum absolute atomic E-state index is 0.0332. The van der Waals surface area contributed by atoms with E-state index in [0.717, 1.165) is 4.96 Å². The minimum Gasteiger partial charge on any atom is -0.290 e. The van der Waals surface area contributed by atoms with Gasteiger partial charge >= 0.3 is 0 Å². The van der Waals surface area contributed by atoms with E-state index in [1.807, 2.05) is 25.4 Å². The average molecular weight is 195 g/mol. The van der Waals surface area contributed by atoms with Crippen LogP contribution in [-0.4, -0.2) is 20.4 Å². The first-order valence-corrected chi connectivity index (χ1v) is 4.90. The molecule has 2 rings (SSSR count). The van der Waals surface area contributed by atoms with Gasteiger partial charge in [0.15, 0.2) is 0 Å². The number of hydrogen-bond acceptors (Lipinski definition) is 4. The molecule has 0 radical (unpaired) electrons. The molecular weight excluding hydrogens is 186 g/mol. The van der Waals surface area contributed by atoms with Gasteiger partial charge in [-0.3, -0.25) is 9.20 Å². The molecule has 0 N–H and O–H groups in total. The number of thiazole rings is 1. The normalized spacial score (nSPS) is 11.3. The molecule has 0 amide bonds. The fourth-order valence-electron chi connectivity index (χ4n) is 1.07. The Morgan fingerprint density at radius 3 is 3.00 bits per heavy atom. The van der Waals surface area contributed by atoms with Crippen molar-refractivity contribution < 1.29 is 4.79 Å². The van der Waals surface area contributed by atoms with Crippen molar-refractivity contribution in [3.63, 3.8) is 0 Å². The van der Waals surface area contributed by atoms with Crippen molar-refractivity contribution in [2.75, 3.05) is 0 Å². The number of Topliss-reactive ketones (excluding diaryl/α,β-unsaturated/α-hetero) is 1. The van der Waals surface area contributed by atoms with E-state index in [0.29, 0.717) is 5.82 Å². The Morgan fingerprint density at radius 1 is 1.54 bits per heavy atom. The Morgan fingerprint density at radius 2 is 2.31 bits per heavy atom. The molecule has 2 aromatic rings. The van der Waals surface area contributed by atoms with Gasteiger partial charge < -0.3 is 0 Å². The van der Waals surface area contributed by atoms with Crippen molar-refractivity contribution in [3.8, 4) is 0 Å². The van der Waals surface area contributed by atoms with Crippen molar-refractivity contribution in [1.29, 1.82) is 0 Å². The molecular formula is C8H9N3OS. The number of fused-ring (bicyclic) bond motifs is 1. The number of rotatable bonds is 2. The molecule has 0 aliphatic heterocycles. The van der Waals surface area contributed by atoms with Crippen LogP contribution < -0.4 is 0 Å². The van der Waals surface area contributed by atoms with E-state index >= 15 is 0 Å².